The minimum Gasteiger partial charge on any atom is -0.507 e. The van der Waals surface area contributed by atoms with E-state index in [0.717, 1.165) is 25.1 Å². The van der Waals surface area contributed by atoms with E-state index < -0.39 is 11.7 Å². The van der Waals surface area contributed by atoms with Crippen molar-refractivity contribution in [1.29, 1.82) is 0 Å². The zero-order chi connectivity index (χ0) is 13.8. The van der Waals surface area contributed by atoms with Crippen LogP contribution in [0.15, 0.2) is 18.2 Å². The minimum atomic E-state index is -0.580. The smallest absolute Gasteiger partial charge is 0.255 e. The molecule has 1 aliphatic rings. The van der Waals surface area contributed by atoms with Crippen molar-refractivity contribution in [2.75, 3.05) is 20.2 Å². The summed E-state index contributed by atoms with van der Waals surface area (Å²) < 4.78 is 18.2. The van der Waals surface area contributed by atoms with Gasteiger partial charge in [-0.3, -0.25) is 4.79 Å². The molecule has 1 aromatic carbocycles. The lowest BCUT2D eigenvalue weighted by atomic mass is 10.0. The molecule has 0 radical (unpaired) electrons. The van der Waals surface area contributed by atoms with Gasteiger partial charge in [0.2, 0.25) is 0 Å². The maximum Gasteiger partial charge on any atom is 0.255 e. The Morgan fingerprint density at radius 2 is 2.37 bits per heavy atom. The Hall–Kier alpha value is -1.66. The first-order valence-corrected chi connectivity index (χ1v) is 6.14. The van der Waals surface area contributed by atoms with Crippen LogP contribution in [-0.4, -0.2) is 43.4 Å². The first-order chi connectivity index (χ1) is 9.11. The van der Waals surface area contributed by atoms with Crippen LogP contribution in [-0.2, 0) is 4.74 Å². The first-order valence-electron chi connectivity index (χ1n) is 6.14. The maximum absolute atomic E-state index is 12.9. The van der Waals surface area contributed by atoms with Gasteiger partial charge < -0.3 is 20.5 Å². The average Bonchev–Trinajstić information content (AvgIpc) is 2.39. The largest absolute Gasteiger partial charge is 0.507 e. The maximum atomic E-state index is 12.9. The molecule has 0 unspecified atom stereocenters. The highest BCUT2D eigenvalue weighted by Crippen LogP contribution is 2.18. The summed E-state index contributed by atoms with van der Waals surface area (Å²) in [4.78, 5) is 12.0. The Balaban J connectivity index is 2.07. The van der Waals surface area contributed by atoms with Gasteiger partial charge in [-0.2, -0.15) is 0 Å². The molecular formula is C13H17FN2O3. The van der Waals surface area contributed by atoms with Crippen LogP contribution in [0.3, 0.4) is 0 Å². The summed E-state index contributed by atoms with van der Waals surface area (Å²) in [6, 6.07) is 3.15. The average molecular weight is 268 g/mol. The number of carbonyl (C=O) groups is 1. The third-order valence-electron chi connectivity index (χ3n) is 3.24. The van der Waals surface area contributed by atoms with Crippen LogP contribution in [0.5, 0.6) is 5.75 Å². The summed E-state index contributed by atoms with van der Waals surface area (Å²) in [7, 11) is 1.60. The molecule has 0 aromatic heterocycles. The number of hydrogen-bond donors (Lipinski definition) is 3. The van der Waals surface area contributed by atoms with Crippen LogP contribution in [0.1, 0.15) is 16.8 Å². The molecule has 1 heterocycles. The topological polar surface area (TPSA) is 70.6 Å². The number of benzene rings is 1. The fourth-order valence-corrected chi connectivity index (χ4v) is 2.20. The van der Waals surface area contributed by atoms with E-state index in [2.05, 4.69) is 10.6 Å². The van der Waals surface area contributed by atoms with Crippen molar-refractivity contribution in [1.82, 2.24) is 10.6 Å². The number of nitrogens with one attached hydrogen (secondary N) is 2. The Kier molecular flexibility index (Phi) is 4.34. The van der Waals surface area contributed by atoms with Crippen LogP contribution < -0.4 is 10.6 Å². The number of hydrogen-bond acceptors (Lipinski definition) is 4. The van der Waals surface area contributed by atoms with E-state index in [1.165, 1.54) is 6.07 Å². The van der Waals surface area contributed by atoms with Gasteiger partial charge in [0.25, 0.3) is 5.91 Å². The van der Waals surface area contributed by atoms with Crippen LogP contribution in [0.4, 0.5) is 4.39 Å². The van der Waals surface area contributed by atoms with Crippen LogP contribution in [0, 0.1) is 5.82 Å². The summed E-state index contributed by atoms with van der Waals surface area (Å²) in [5, 5.41) is 15.5. The summed E-state index contributed by atoms with van der Waals surface area (Å²) in [5.74, 6) is -1.38. The third-order valence-corrected chi connectivity index (χ3v) is 3.24. The molecule has 0 aliphatic carbocycles. The van der Waals surface area contributed by atoms with Crippen molar-refractivity contribution >= 4 is 5.91 Å². The number of carbonyl (C=O) groups excluding carboxylic acids is 1. The van der Waals surface area contributed by atoms with Crippen molar-refractivity contribution in [3.8, 4) is 5.75 Å². The number of phenols is 1. The number of halogens is 1. The summed E-state index contributed by atoms with van der Waals surface area (Å²) in [5.41, 5.74) is 0.0572. The normalized spacial score (nSPS) is 23.1. The number of aromatic hydroxyl groups is 1. The Labute approximate surface area is 110 Å². The van der Waals surface area contributed by atoms with E-state index in [9.17, 15) is 14.3 Å². The number of rotatable bonds is 3. The monoisotopic (exact) mass is 268 g/mol. The van der Waals surface area contributed by atoms with E-state index in [1.54, 1.807) is 7.11 Å². The van der Waals surface area contributed by atoms with E-state index in [4.69, 9.17) is 4.74 Å². The quantitative estimate of drug-likeness (QED) is 0.752. The number of piperidine rings is 1. The zero-order valence-corrected chi connectivity index (χ0v) is 10.6. The molecule has 2 rings (SSSR count). The van der Waals surface area contributed by atoms with E-state index in [1.807, 2.05) is 0 Å². The summed E-state index contributed by atoms with van der Waals surface area (Å²) >= 11 is 0. The minimum absolute atomic E-state index is 0.0572. The second kappa shape index (κ2) is 5.99. The number of methoxy groups -OCH3 is 1. The molecular weight excluding hydrogens is 251 g/mol. The third kappa shape index (κ3) is 3.21. The van der Waals surface area contributed by atoms with Crippen LogP contribution in [0.25, 0.3) is 0 Å². The van der Waals surface area contributed by atoms with Gasteiger partial charge in [-0.15, -0.1) is 0 Å². The molecule has 0 bridgehead atoms. The van der Waals surface area contributed by atoms with E-state index >= 15 is 0 Å². The van der Waals surface area contributed by atoms with Gasteiger partial charge in [0, 0.05) is 19.7 Å². The van der Waals surface area contributed by atoms with Gasteiger partial charge in [0.05, 0.1) is 17.7 Å². The molecule has 6 heteroatoms. The Morgan fingerprint density at radius 3 is 3.05 bits per heavy atom. The Bertz CT molecular complexity index is 467. The van der Waals surface area contributed by atoms with E-state index in [0.29, 0.717) is 6.54 Å². The standard InChI is InChI=1S/C13H17FN2O3/c1-19-12-4-5-15-7-10(12)16-13(18)9-3-2-8(14)6-11(9)17/h2-3,6,10,12,15,17H,4-5,7H2,1H3,(H,16,18)/t10-,12+/m0/s1. The molecule has 1 amide bonds. The molecule has 1 aromatic rings. The van der Waals surface area contributed by atoms with Crippen LogP contribution >= 0.6 is 0 Å². The van der Waals surface area contributed by atoms with Gasteiger partial charge in [0.15, 0.2) is 0 Å². The Morgan fingerprint density at radius 1 is 1.58 bits per heavy atom. The highest BCUT2D eigenvalue weighted by Gasteiger charge is 2.27. The second-order valence-electron chi connectivity index (χ2n) is 4.51. The molecule has 0 spiro atoms. The van der Waals surface area contributed by atoms with E-state index in [-0.39, 0.29) is 23.5 Å². The number of amides is 1. The number of ether oxygens (including phenoxy) is 1. The SMILES string of the molecule is CO[C@@H]1CCNC[C@@H]1NC(=O)c1ccc(F)cc1O. The summed E-state index contributed by atoms with van der Waals surface area (Å²) in [6.45, 7) is 1.44. The molecule has 104 valence electrons. The lowest BCUT2D eigenvalue weighted by Gasteiger charge is -2.31. The summed E-state index contributed by atoms with van der Waals surface area (Å²) in [6.07, 6.45) is 0.740. The van der Waals surface area contributed by atoms with Crippen molar-refractivity contribution < 1.29 is 19.0 Å². The fraction of sp³-hybridized carbons (Fsp3) is 0.462. The first kappa shape index (κ1) is 13.8. The van der Waals surface area contributed by atoms with Gasteiger partial charge in [-0.1, -0.05) is 0 Å². The predicted octanol–water partition coefficient (Wildman–Crippen LogP) is 0.638. The molecule has 0 saturated carbocycles. The fourth-order valence-electron chi connectivity index (χ4n) is 2.20. The van der Waals surface area contributed by atoms with Gasteiger partial charge in [-0.05, 0) is 25.1 Å². The van der Waals surface area contributed by atoms with Crippen molar-refractivity contribution in [2.24, 2.45) is 0 Å². The van der Waals surface area contributed by atoms with Gasteiger partial charge >= 0.3 is 0 Å². The zero-order valence-electron chi connectivity index (χ0n) is 10.6. The molecule has 19 heavy (non-hydrogen) atoms. The lowest BCUT2D eigenvalue weighted by molar-refractivity contribution is 0.0447. The van der Waals surface area contributed by atoms with Gasteiger partial charge in [-0.25, -0.2) is 4.39 Å². The van der Waals surface area contributed by atoms with Crippen molar-refractivity contribution in [3.63, 3.8) is 0 Å². The molecule has 1 fully saturated rings. The molecule has 3 N–H and O–H groups in total. The molecule has 5 nitrogen and oxygen atoms in total. The lowest BCUT2D eigenvalue weighted by Crippen LogP contribution is -2.54. The molecule has 1 aliphatic heterocycles. The van der Waals surface area contributed by atoms with Crippen LogP contribution in [0.2, 0.25) is 0 Å². The molecule has 2 atom stereocenters. The second-order valence-corrected chi connectivity index (χ2v) is 4.51. The highest BCUT2D eigenvalue weighted by atomic mass is 19.1. The molecule has 1 saturated heterocycles. The number of phenolic OH excluding ortho intramolecular Hbond substituents is 1. The highest BCUT2D eigenvalue weighted by molar-refractivity contribution is 5.97. The van der Waals surface area contributed by atoms with Gasteiger partial charge in [0.1, 0.15) is 11.6 Å². The van der Waals surface area contributed by atoms with Crippen molar-refractivity contribution in [3.05, 3.63) is 29.6 Å². The van der Waals surface area contributed by atoms with Crippen molar-refractivity contribution in [2.45, 2.75) is 18.6 Å². The predicted molar refractivity (Wildman–Crippen MR) is 67.6 cm³/mol.